The van der Waals surface area contributed by atoms with Gasteiger partial charge in [-0.1, -0.05) is 15.9 Å². The van der Waals surface area contributed by atoms with Crippen molar-refractivity contribution in [2.75, 3.05) is 29.5 Å². The molecule has 92 valence electrons. The molecule has 2 rings (SSSR count). The van der Waals surface area contributed by atoms with Gasteiger partial charge in [0.2, 0.25) is 0 Å². The maximum absolute atomic E-state index is 7.65. The molecule has 0 bridgehead atoms. The van der Waals surface area contributed by atoms with Gasteiger partial charge in [0.1, 0.15) is 5.84 Å². The first kappa shape index (κ1) is 12.8. The summed E-state index contributed by atoms with van der Waals surface area (Å²) in [5, 5.41) is 7.65. The van der Waals surface area contributed by atoms with E-state index in [0.717, 1.165) is 34.6 Å². The highest BCUT2D eigenvalue weighted by Gasteiger charge is 2.15. The van der Waals surface area contributed by atoms with Crippen molar-refractivity contribution in [1.82, 2.24) is 0 Å². The van der Waals surface area contributed by atoms with Crippen LogP contribution in [0.5, 0.6) is 0 Å². The molecule has 3 N–H and O–H groups in total. The predicted molar refractivity (Wildman–Crippen MR) is 79.3 cm³/mol. The second kappa shape index (κ2) is 5.78. The topological polar surface area (TPSA) is 53.1 Å². The van der Waals surface area contributed by atoms with Gasteiger partial charge in [-0.2, -0.15) is 11.8 Å². The van der Waals surface area contributed by atoms with Crippen LogP contribution in [-0.2, 0) is 0 Å². The number of nitrogens with one attached hydrogen (secondary N) is 1. The smallest absolute Gasteiger partial charge is 0.124 e. The minimum absolute atomic E-state index is 0.143. The number of hydrogen-bond donors (Lipinski definition) is 2. The molecule has 1 saturated heterocycles. The fraction of sp³-hybridized carbons (Fsp3) is 0.417. The minimum atomic E-state index is 0.143. The van der Waals surface area contributed by atoms with Crippen LogP contribution in [0.15, 0.2) is 22.7 Å². The van der Waals surface area contributed by atoms with Crippen molar-refractivity contribution in [3.8, 4) is 0 Å². The Morgan fingerprint density at radius 2 is 2.18 bits per heavy atom. The van der Waals surface area contributed by atoms with Crippen LogP contribution in [0.2, 0.25) is 0 Å². The fourth-order valence-electron chi connectivity index (χ4n) is 1.98. The zero-order valence-corrected chi connectivity index (χ0v) is 12.0. The molecule has 5 heteroatoms. The van der Waals surface area contributed by atoms with Gasteiger partial charge in [0, 0.05) is 34.6 Å². The average Bonchev–Trinajstić information content (AvgIpc) is 2.56. The van der Waals surface area contributed by atoms with Crippen molar-refractivity contribution in [3.05, 3.63) is 28.2 Å². The molecule has 0 atom stereocenters. The zero-order valence-electron chi connectivity index (χ0n) is 9.58. The summed E-state index contributed by atoms with van der Waals surface area (Å²) in [6.45, 7) is 2.07. The van der Waals surface area contributed by atoms with Crippen LogP contribution >= 0.6 is 27.7 Å². The summed E-state index contributed by atoms with van der Waals surface area (Å²) in [6, 6.07) is 5.92. The molecule has 3 nitrogen and oxygen atoms in total. The highest BCUT2D eigenvalue weighted by atomic mass is 79.9. The third-order valence-corrected chi connectivity index (χ3v) is 4.35. The number of rotatable bonds is 2. The number of hydrogen-bond acceptors (Lipinski definition) is 3. The summed E-state index contributed by atoms with van der Waals surface area (Å²) in [7, 11) is 0. The molecule has 0 aliphatic carbocycles. The average molecular weight is 314 g/mol. The van der Waals surface area contributed by atoms with Gasteiger partial charge in [-0.15, -0.1) is 0 Å². The van der Waals surface area contributed by atoms with Gasteiger partial charge < -0.3 is 10.6 Å². The van der Waals surface area contributed by atoms with Crippen LogP contribution in [0.4, 0.5) is 5.69 Å². The Morgan fingerprint density at radius 1 is 1.35 bits per heavy atom. The second-order valence-electron chi connectivity index (χ2n) is 4.03. The molecule has 1 fully saturated rings. The molecule has 1 aromatic rings. The summed E-state index contributed by atoms with van der Waals surface area (Å²) in [5.74, 6) is 2.51. The van der Waals surface area contributed by atoms with Gasteiger partial charge in [0.15, 0.2) is 0 Å². The quantitative estimate of drug-likeness (QED) is 0.652. The number of benzene rings is 1. The molecule has 0 aromatic heterocycles. The van der Waals surface area contributed by atoms with Gasteiger partial charge in [-0.25, -0.2) is 0 Å². The monoisotopic (exact) mass is 313 g/mol. The van der Waals surface area contributed by atoms with Crippen molar-refractivity contribution in [3.63, 3.8) is 0 Å². The van der Waals surface area contributed by atoms with Gasteiger partial charge >= 0.3 is 0 Å². The standard InChI is InChI=1S/C12H16BrN3S/c13-9-2-3-10(12(14)15)11(8-9)16-4-1-6-17-7-5-16/h2-3,8H,1,4-7H2,(H3,14,15). The summed E-state index contributed by atoms with van der Waals surface area (Å²) >= 11 is 5.48. The van der Waals surface area contributed by atoms with Crippen molar-refractivity contribution in [2.24, 2.45) is 5.73 Å². The van der Waals surface area contributed by atoms with E-state index in [1.54, 1.807) is 0 Å². The van der Waals surface area contributed by atoms with E-state index >= 15 is 0 Å². The van der Waals surface area contributed by atoms with E-state index in [4.69, 9.17) is 11.1 Å². The Bertz CT molecular complexity index is 414. The lowest BCUT2D eigenvalue weighted by Gasteiger charge is -2.25. The maximum atomic E-state index is 7.65. The van der Waals surface area contributed by atoms with E-state index in [2.05, 4.69) is 26.9 Å². The Balaban J connectivity index is 2.34. The first-order valence-electron chi connectivity index (χ1n) is 5.65. The molecule has 0 saturated carbocycles. The summed E-state index contributed by atoms with van der Waals surface area (Å²) in [5.41, 5.74) is 7.56. The lowest BCUT2D eigenvalue weighted by atomic mass is 10.1. The lowest BCUT2D eigenvalue weighted by Crippen LogP contribution is -2.28. The summed E-state index contributed by atoms with van der Waals surface area (Å²) in [4.78, 5) is 2.33. The van der Waals surface area contributed by atoms with Crippen LogP contribution in [0.25, 0.3) is 0 Å². The molecule has 1 aliphatic rings. The van der Waals surface area contributed by atoms with E-state index in [9.17, 15) is 0 Å². The fourth-order valence-corrected chi connectivity index (χ4v) is 3.22. The van der Waals surface area contributed by atoms with E-state index < -0.39 is 0 Å². The number of halogens is 1. The van der Waals surface area contributed by atoms with Crippen LogP contribution in [0.1, 0.15) is 12.0 Å². The summed E-state index contributed by atoms with van der Waals surface area (Å²) < 4.78 is 1.04. The minimum Gasteiger partial charge on any atom is -0.384 e. The maximum Gasteiger partial charge on any atom is 0.124 e. The molecule has 1 aliphatic heterocycles. The Kier molecular flexibility index (Phi) is 4.34. The molecule has 17 heavy (non-hydrogen) atoms. The van der Waals surface area contributed by atoms with Crippen LogP contribution in [0, 0.1) is 5.41 Å². The molecular weight excluding hydrogens is 298 g/mol. The highest BCUT2D eigenvalue weighted by molar-refractivity contribution is 9.10. The van der Waals surface area contributed by atoms with Gasteiger partial charge in [-0.3, -0.25) is 5.41 Å². The number of thioether (sulfide) groups is 1. The number of amidine groups is 1. The zero-order chi connectivity index (χ0) is 12.3. The summed E-state index contributed by atoms with van der Waals surface area (Å²) in [6.07, 6.45) is 1.19. The molecule has 0 unspecified atom stereocenters. The third-order valence-electron chi connectivity index (χ3n) is 2.81. The van der Waals surface area contributed by atoms with E-state index in [0.29, 0.717) is 0 Å². The normalized spacial score (nSPS) is 16.6. The van der Waals surface area contributed by atoms with Gasteiger partial charge in [-0.05, 0) is 30.4 Å². The van der Waals surface area contributed by atoms with Crippen molar-refractivity contribution < 1.29 is 0 Å². The molecule has 1 aromatic carbocycles. The first-order chi connectivity index (χ1) is 8.18. The molecular formula is C12H16BrN3S. The Labute approximate surface area is 114 Å². The molecule has 0 radical (unpaired) electrons. The van der Waals surface area contributed by atoms with E-state index in [-0.39, 0.29) is 5.84 Å². The van der Waals surface area contributed by atoms with Crippen molar-refractivity contribution in [1.29, 1.82) is 5.41 Å². The van der Waals surface area contributed by atoms with Crippen molar-refractivity contribution in [2.45, 2.75) is 6.42 Å². The van der Waals surface area contributed by atoms with Crippen LogP contribution < -0.4 is 10.6 Å². The molecule has 0 amide bonds. The van der Waals surface area contributed by atoms with Crippen LogP contribution in [0.3, 0.4) is 0 Å². The van der Waals surface area contributed by atoms with Crippen molar-refractivity contribution >= 4 is 39.2 Å². The predicted octanol–water partition coefficient (Wildman–Crippen LogP) is 2.68. The Hall–Kier alpha value is -0.680. The van der Waals surface area contributed by atoms with E-state index in [1.165, 1.54) is 12.2 Å². The van der Waals surface area contributed by atoms with Gasteiger partial charge in [0.05, 0.1) is 0 Å². The SMILES string of the molecule is N=C(N)c1ccc(Br)cc1N1CCCSCC1. The lowest BCUT2D eigenvalue weighted by molar-refractivity contribution is 0.815. The van der Waals surface area contributed by atoms with E-state index in [1.807, 2.05) is 23.9 Å². The number of anilines is 1. The molecule has 0 spiro atoms. The number of nitrogens with zero attached hydrogens (tertiary/aromatic N) is 1. The Morgan fingerprint density at radius 3 is 2.94 bits per heavy atom. The highest BCUT2D eigenvalue weighted by Crippen LogP contribution is 2.26. The second-order valence-corrected chi connectivity index (χ2v) is 6.17. The number of nitrogen functional groups attached to an aromatic ring is 1. The molecule has 1 heterocycles. The van der Waals surface area contributed by atoms with Gasteiger partial charge in [0.25, 0.3) is 0 Å². The third kappa shape index (κ3) is 3.16. The number of nitrogens with two attached hydrogens (primary N) is 1. The van der Waals surface area contributed by atoms with Crippen LogP contribution in [-0.4, -0.2) is 30.4 Å². The largest absolute Gasteiger partial charge is 0.384 e. The first-order valence-corrected chi connectivity index (χ1v) is 7.60.